The third kappa shape index (κ3) is 2.27. The first-order valence-electron chi connectivity index (χ1n) is 6.19. The Kier molecular flexibility index (Phi) is 3.09. The summed E-state index contributed by atoms with van der Waals surface area (Å²) in [6.07, 6.45) is 1.84. The second-order valence-electron chi connectivity index (χ2n) is 4.49. The van der Waals surface area contributed by atoms with Crippen molar-refractivity contribution in [2.45, 2.75) is 13.0 Å². The zero-order valence-corrected chi connectivity index (χ0v) is 11.4. The molecule has 1 unspecified atom stereocenters. The number of nitrogens with one attached hydrogen (secondary N) is 1. The lowest BCUT2D eigenvalue weighted by molar-refractivity contribution is 0.881. The van der Waals surface area contributed by atoms with Crippen LogP contribution in [0.25, 0.3) is 10.1 Å². The molecule has 3 N–H and O–H groups in total. The molecular formula is C15H15N3S. The van der Waals surface area contributed by atoms with E-state index < -0.39 is 0 Å². The van der Waals surface area contributed by atoms with Gasteiger partial charge in [-0.1, -0.05) is 18.2 Å². The Hall–Kier alpha value is -2.07. The summed E-state index contributed by atoms with van der Waals surface area (Å²) in [5.41, 5.74) is 7.91. The summed E-state index contributed by atoms with van der Waals surface area (Å²) in [6, 6.07) is 12.2. The van der Waals surface area contributed by atoms with E-state index in [2.05, 4.69) is 28.7 Å². The largest absolute Gasteiger partial charge is 0.398 e. The zero-order valence-electron chi connectivity index (χ0n) is 10.6. The van der Waals surface area contributed by atoms with Gasteiger partial charge in [0, 0.05) is 22.0 Å². The minimum Gasteiger partial charge on any atom is -0.398 e. The number of nitrogen functional groups attached to an aromatic ring is 1. The Morgan fingerprint density at radius 1 is 1.21 bits per heavy atom. The maximum absolute atomic E-state index is 6.01. The van der Waals surface area contributed by atoms with Crippen molar-refractivity contribution in [1.82, 2.24) is 4.98 Å². The van der Waals surface area contributed by atoms with E-state index in [0.29, 0.717) is 0 Å². The number of anilines is 2. The molecule has 2 heterocycles. The van der Waals surface area contributed by atoms with Crippen molar-refractivity contribution in [2.75, 3.05) is 11.1 Å². The molecule has 2 aromatic heterocycles. The van der Waals surface area contributed by atoms with Gasteiger partial charge < -0.3 is 11.1 Å². The molecule has 1 aromatic carbocycles. The van der Waals surface area contributed by atoms with E-state index in [1.807, 2.05) is 36.5 Å². The summed E-state index contributed by atoms with van der Waals surface area (Å²) in [5.74, 6) is 0.912. The molecule has 0 saturated heterocycles. The van der Waals surface area contributed by atoms with Crippen molar-refractivity contribution >= 4 is 32.9 Å². The molecule has 0 amide bonds. The van der Waals surface area contributed by atoms with Crippen LogP contribution in [-0.2, 0) is 0 Å². The average Bonchev–Trinajstić information content (AvgIpc) is 2.88. The van der Waals surface area contributed by atoms with Gasteiger partial charge in [0.15, 0.2) is 0 Å². The molecule has 0 saturated carbocycles. The Balaban J connectivity index is 1.93. The number of hydrogen-bond acceptors (Lipinski definition) is 4. The third-order valence-corrected chi connectivity index (χ3v) is 4.08. The Bertz CT molecular complexity index is 705. The highest BCUT2D eigenvalue weighted by molar-refractivity contribution is 7.17. The van der Waals surface area contributed by atoms with E-state index in [1.54, 1.807) is 11.3 Å². The van der Waals surface area contributed by atoms with Gasteiger partial charge in [-0.15, -0.1) is 11.3 Å². The van der Waals surface area contributed by atoms with Gasteiger partial charge in [0.05, 0.1) is 6.04 Å². The minimum atomic E-state index is 0.124. The maximum atomic E-state index is 6.01. The van der Waals surface area contributed by atoms with E-state index in [1.165, 1.54) is 4.70 Å². The first kappa shape index (κ1) is 12.0. The average molecular weight is 269 g/mol. The fraction of sp³-hybridized carbons (Fsp3) is 0.133. The molecule has 0 radical (unpaired) electrons. The van der Waals surface area contributed by atoms with Crippen molar-refractivity contribution in [3.05, 3.63) is 53.5 Å². The summed E-state index contributed by atoms with van der Waals surface area (Å²) >= 11 is 1.72. The topological polar surface area (TPSA) is 50.9 Å². The van der Waals surface area contributed by atoms with E-state index in [-0.39, 0.29) is 6.04 Å². The summed E-state index contributed by atoms with van der Waals surface area (Å²) in [7, 11) is 0. The number of hydrogen-bond donors (Lipinski definition) is 2. The van der Waals surface area contributed by atoms with Gasteiger partial charge in [0.25, 0.3) is 0 Å². The lowest BCUT2D eigenvalue weighted by Crippen LogP contribution is -2.10. The Morgan fingerprint density at radius 3 is 2.89 bits per heavy atom. The second kappa shape index (κ2) is 4.90. The first-order chi connectivity index (χ1) is 9.25. The molecule has 19 heavy (non-hydrogen) atoms. The molecule has 3 rings (SSSR count). The van der Waals surface area contributed by atoms with Gasteiger partial charge in [-0.05, 0) is 36.1 Å². The first-order valence-corrected chi connectivity index (χ1v) is 7.07. The molecule has 4 heteroatoms. The van der Waals surface area contributed by atoms with Crippen LogP contribution >= 0.6 is 11.3 Å². The second-order valence-corrected chi connectivity index (χ2v) is 5.43. The van der Waals surface area contributed by atoms with E-state index in [0.717, 1.165) is 22.5 Å². The smallest absolute Gasteiger partial charge is 0.135 e. The summed E-state index contributed by atoms with van der Waals surface area (Å²) < 4.78 is 1.24. The van der Waals surface area contributed by atoms with Crippen LogP contribution in [0.4, 0.5) is 11.5 Å². The monoisotopic (exact) mass is 269 g/mol. The number of thiophene rings is 1. The number of rotatable bonds is 3. The summed E-state index contributed by atoms with van der Waals surface area (Å²) in [5, 5.41) is 6.69. The van der Waals surface area contributed by atoms with Gasteiger partial charge in [0.2, 0.25) is 0 Å². The quantitative estimate of drug-likeness (QED) is 0.705. The van der Waals surface area contributed by atoms with Crippen LogP contribution < -0.4 is 11.1 Å². The Morgan fingerprint density at radius 2 is 2.05 bits per heavy atom. The molecule has 0 bridgehead atoms. The highest BCUT2D eigenvalue weighted by atomic mass is 32.1. The predicted octanol–water partition coefficient (Wildman–Crippen LogP) is 4.05. The SMILES string of the molecule is CC(Nc1nccc2sccc12)c1ccccc1N. The molecule has 0 spiro atoms. The molecule has 0 aliphatic rings. The van der Waals surface area contributed by atoms with Crippen LogP contribution in [0, 0.1) is 0 Å². The van der Waals surface area contributed by atoms with Crippen molar-refractivity contribution in [1.29, 1.82) is 0 Å². The fourth-order valence-electron chi connectivity index (χ4n) is 2.20. The van der Waals surface area contributed by atoms with E-state index >= 15 is 0 Å². The van der Waals surface area contributed by atoms with Gasteiger partial charge in [0.1, 0.15) is 5.82 Å². The highest BCUT2D eigenvalue weighted by Gasteiger charge is 2.11. The van der Waals surface area contributed by atoms with Crippen LogP contribution in [0.5, 0.6) is 0 Å². The van der Waals surface area contributed by atoms with Crippen LogP contribution in [-0.4, -0.2) is 4.98 Å². The lowest BCUT2D eigenvalue weighted by atomic mass is 10.1. The molecule has 96 valence electrons. The molecule has 1 atom stereocenters. The van der Waals surface area contributed by atoms with Gasteiger partial charge in [-0.25, -0.2) is 4.98 Å². The molecule has 0 aliphatic heterocycles. The molecule has 3 nitrogen and oxygen atoms in total. The number of nitrogens with two attached hydrogens (primary N) is 1. The number of fused-ring (bicyclic) bond motifs is 1. The maximum Gasteiger partial charge on any atom is 0.135 e. The predicted molar refractivity (Wildman–Crippen MR) is 82.5 cm³/mol. The zero-order chi connectivity index (χ0) is 13.2. The highest BCUT2D eigenvalue weighted by Crippen LogP contribution is 2.29. The van der Waals surface area contributed by atoms with Gasteiger partial charge in [-0.3, -0.25) is 0 Å². The van der Waals surface area contributed by atoms with Crippen LogP contribution in [0.3, 0.4) is 0 Å². The lowest BCUT2D eigenvalue weighted by Gasteiger charge is -2.17. The summed E-state index contributed by atoms with van der Waals surface area (Å²) in [4.78, 5) is 4.43. The summed E-state index contributed by atoms with van der Waals surface area (Å²) in [6.45, 7) is 2.10. The van der Waals surface area contributed by atoms with E-state index in [9.17, 15) is 0 Å². The molecular weight excluding hydrogens is 254 g/mol. The molecule has 0 fully saturated rings. The van der Waals surface area contributed by atoms with Crippen molar-refractivity contribution in [3.8, 4) is 0 Å². The van der Waals surface area contributed by atoms with Gasteiger partial charge in [-0.2, -0.15) is 0 Å². The number of pyridine rings is 1. The van der Waals surface area contributed by atoms with Crippen molar-refractivity contribution in [3.63, 3.8) is 0 Å². The van der Waals surface area contributed by atoms with Crippen LogP contribution in [0.1, 0.15) is 18.5 Å². The van der Waals surface area contributed by atoms with Crippen LogP contribution in [0.15, 0.2) is 48.0 Å². The van der Waals surface area contributed by atoms with Gasteiger partial charge >= 0.3 is 0 Å². The fourth-order valence-corrected chi connectivity index (χ4v) is 2.98. The van der Waals surface area contributed by atoms with Crippen molar-refractivity contribution < 1.29 is 0 Å². The normalized spacial score (nSPS) is 12.5. The van der Waals surface area contributed by atoms with E-state index in [4.69, 9.17) is 5.73 Å². The molecule has 0 aliphatic carbocycles. The number of benzene rings is 1. The number of aromatic nitrogens is 1. The standard InChI is InChI=1S/C15H15N3S/c1-10(11-4-2-3-5-13(11)16)18-15-12-7-9-19-14(12)6-8-17-15/h2-10H,16H2,1H3,(H,17,18). The van der Waals surface area contributed by atoms with Crippen LogP contribution in [0.2, 0.25) is 0 Å². The minimum absolute atomic E-state index is 0.124. The Labute approximate surface area is 116 Å². The number of para-hydroxylation sites is 1. The molecule has 3 aromatic rings. The van der Waals surface area contributed by atoms with Crippen molar-refractivity contribution in [2.24, 2.45) is 0 Å². The number of nitrogens with zero attached hydrogens (tertiary/aromatic N) is 1. The third-order valence-electron chi connectivity index (χ3n) is 3.20.